The van der Waals surface area contributed by atoms with Crippen molar-refractivity contribution in [3.8, 4) is 0 Å². The zero-order valence-corrected chi connectivity index (χ0v) is 15.5. The van der Waals surface area contributed by atoms with Gasteiger partial charge in [-0.15, -0.1) is 0 Å². The quantitative estimate of drug-likeness (QED) is 0.644. The number of benzene rings is 2. The SMILES string of the molecule is Cc1cc(C2=NOC(c3cc(Cl)cc(Cl)c3)(C(F)(F)F)C2F)ccc1C(=O)O. The van der Waals surface area contributed by atoms with Gasteiger partial charge in [-0.25, -0.2) is 9.18 Å². The molecule has 0 aliphatic carbocycles. The highest BCUT2D eigenvalue weighted by atomic mass is 35.5. The molecule has 0 bridgehead atoms. The van der Waals surface area contributed by atoms with E-state index in [9.17, 15) is 18.0 Å². The number of oxime groups is 1. The van der Waals surface area contributed by atoms with Gasteiger partial charge in [0.05, 0.1) is 5.56 Å². The Balaban J connectivity index is 2.11. The minimum atomic E-state index is -5.19. The van der Waals surface area contributed by atoms with Gasteiger partial charge in [0.2, 0.25) is 6.17 Å². The molecular weight excluding hydrogens is 425 g/mol. The first-order valence-corrected chi connectivity index (χ1v) is 8.50. The molecule has 0 saturated carbocycles. The molecule has 1 heterocycles. The molecule has 0 fully saturated rings. The first-order valence-electron chi connectivity index (χ1n) is 7.75. The summed E-state index contributed by atoms with van der Waals surface area (Å²) in [6.45, 7) is 1.43. The lowest BCUT2D eigenvalue weighted by Crippen LogP contribution is -2.50. The van der Waals surface area contributed by atoms with Crippen molar-refractivity contribution in [1.82, 2.24) is 0 Å². The lowest BCUT2D eigenvalue weighted by atomic mass is 9.84. The van der Waals surface area contributed by atoms with Crippen LogP contribution in [0.2, 0.25) is 10.0 Å². The molecule has 1 aliphatic heterocycles. The van der Waals surface area contributed by atoms with Gasteiger partial charge in [-0.1, -0.05) is 34.4 Å². The van der Waals surface area contributed by atoms with Crippen LogP contribution in [0, 0.1) is 6.92 Å². The molecule has 148 valence electrons. The number of rotatable bonds is 3. The number of carboxylic acids is 1. The maximum Gasteiger partial charge on any atom is 0.438 e. The number of carbonyl (C=O) groups is 1. The maximum atomic E-state index is 15.3. The summed E-state index contributed by atoms with van der Waals surface area (Å²) < 4.78 is 57.1. The molecule has 0 aromatic heterocycles. The maximum absolute atomic E-state index is 15.3. The molecule has 2 aromatic rings. The van der Waals surface area contributed by atoms with Crippen LogP contribution < -0.4 is 0 Å². The fourth-order valence-corrected chi connectivity index (χ4v) is 3.52. The van der Waals surface area contributed by atoms with Crippen molar-refractivity contribution in [2.45, 2.75) is 24.9 Å². The summed E-state index contributed by atoms with van der Waals surface area (Å²) >= 11 is 11.6. The highest BCUT2D eigenvalue weighted by molar-refractivity contribution is 6.34. The van der Waals surface area contributed by atoms with E-state index < -0.39 is 35.2 Å². The third-order valence-electron chi connectivity index (χ3n) is 4.35. The molecule has 1 N–H and O–H groups in total. The average Bonchev–Trinajstić information content (AvgIpc) is 2.91. The van der Waals surface area contributed by atoms with Crippen LogP contribution in [0.3, 0.4) is 0 Å². The second-order valence-corrected chi connectivity index (χ2v) is 7.03. The molecular formula is C18H11Cl2F4NO3. The molecule has 0 amide bonds. The lowest BCUT2D eigenvalue weighted by Gasteiger charge is -2.31. The number of aryl methyl sites for hydroxylation is 1. The van der Waals surface area contributed by atoms with Crippen molar-refractivity contribution < 1.29 is 32.3 Å². The van der Waals surface area contributed by atoms with Crippen LogP contribution in [-0.4, -0.2) is 29.1 Å². The summed E-state index contributed by atoms with van der Waals surface area (Å²) in [4.78, 5) is 15.8. The van der Waals surface area contributed by atoms with Gasteiger partial charge in [0.1, 0.15) is 5.71 Å². The van der Waals surface area contributed by atoms with Crippen LogP contribution in [0.5, 0.6) is 0 Å². The molecule has 28 heavy (non-hydrogen) atoms. The minimum absolute atomic E-state index is 0.0331. The smallest absolute Gasteiger partial charge is 0.438 e. The number of aromatic carboxylic acids is 1. The molecule has 2 unspecified atom stereocenters. The van der Waals surface area contributed by atoms with Crippen LogP contribution in [-0.2, 0) is 10.4 Å². The van der Waals surface area contributed by atoms with E-state index in [1.54, 1.807) is 0 Å². The standard InChI is InChI=1S/C18H11Cl2F4NO3/c1-8-4-9(2-3-13(8)16(26)27)14-15(21)17(28-25-14,18(22,23)24)10-5-11(19)7-12(20)6-10/h2-7,15H,1H3,(H,26,27). The van der Waals surface area contributed by atoms with Gasteiger partial charge in [0, 0.05) is 21.2 Å². The van der Waals surface area contributed by atoms with Crippen LogP contribution >= 0.6 is 23.2 Å². The van der Waals surface area contributed by atoms with Crippen molar-refractivity contribution in [2.75, 3.05) is 0 Å². The number of carboxylic acid groups (broad SMARTS) is 1. The van der Waals surface area contributed by atoms with Crippen molar-refractivity contribution in [3.05, 3.63) is 68.7 Å². The third-order valence-corrected chi connectivity index (χ3v) is 4.79. The summed E-state index contributed by atoms with van der Waals surface area (Å²) in [5, 5.41) is 12.2. The number of alkyl halides is 4. The van der Waals surface area contributed by atoms with E-state index in [2.05, 4.69) is 9.99 Å². The van der Waals surface area contributed by atoms with Crippen molar-refractivity contribution in [1.29, 1.82) is 0 Å². The summed E-state index contributed by atoms with van der Waals surface area (Å²) in [6.07, 6.45) is -7.93. The molecule has 0 spiro atoms. The molecule has 1 aliphatic rings. The second-order valence-electron chi connectivity index (χ2n) is 6.16. The van der Waals surface area contributed by atoms with E-state index in [-0.39, 0.29) is 26.7 Å². The largest absolute Gasteiger partial charge is 0.478 e. The molecule has 2 aromatic carbocycles. The van der Waals surface area contributed by atoms with E-state index in [1.165, 1.54) is 25.1 Å². The summed E-state index contributed by atoms with van der Waals surface area (Å²) in [5.74, 6) is -1.22. The molecule has 0 radical (unpaired) electrons. The predicted octanol–water partition coefficient (Wildman–Crippen LogP) is 5.53. The van der Waals surface area contributed by atoms with E-state index in [1.807, 2.05) is 0 Å². The van der Waals surface area contributed by atoms with E-state index in [0.29, 0.717) is 0 Å². The Morgan fingerprint density at radius 3 is 2.29 bits per heavy atom. The minimum Gasteiger partial charge on any atom is -0.478 e. The van der Waals surface area contributed by atoms with Gasteiger partial charge in [-0.05, 0) is 42.8 Å². The Morgan fingerprint density at radius 2 is 1.79 bits per heavy atom. The molecule has 0 saturated heterocycles. The molecule has 2 atom stereocenters. The lowest BCUT2D eigenvalue weighted by molar-refractivity contribution is -0.289. The van der Waals surface area contributed by atoms with Crippen LogP contribution in [0.4, 0.5) is 17.6 Å². The topological polar surface area (TPSA) is 58.9 Å². The van der Waals surface area contributed by atoms with E-state index >= 15 is 4.39 Å². The van der Waals surface area contributed by atoms with Crippen molar-refractivity contribution in [2.24, 2.45) is 5.16 Å². The van der Waals surface area contributed by atoms with Crippen molar-refractivity contribution >= 4 is 34.9 Å². The van der Waals surface area contributed by atoms with E-state index in [4.69, 9.17) is 28.3 Å². The normalized spacial score (nSPS) is 22.0. The van der Waals surface area contributed by atoms with Crippen LogP contribution in [0.25, 0.3) is 0 Å². The molecule has 10 heteroatoms. The van der Waals surface area contributed by atoms with E-state index in [0.717, 1.165) is 18.2 Å². The predicted molar refractivity (Wildman–Crippen MR) is 94.9 cm³/mol. The molecule has 4 nitrogen and oxygen atoms in total. The van der Waals surface area contributed by atoms with Gasteiger partial charge in [-0.2, -0.15) is 13.2 Å². The summed E-state index contributed by atoms with van der Waals surface area (Å²) in [5.41, 5.74) is -4.56. The second kappa shape index (κ2) is 6.93. The third kappa shape index (κ3) is 3.20. The van der Waals surface area contributed by atoms with Gasteiger partial charge >= 0.3 is 12.1 Å². The number of halogens is 6. The Bertz CT molecular complexity index is 973. The summed E-state index contributed by atoms with van der Waals surface area (Å²) in [6, 6.07) is 6.58. The van der Waals surface area contributed by atoms with Gasteiger partial charge in [0.25, 0.3) is 5.60 Å². The Labute approximate surface area is 166 Å². The highest BCUT2D eigenvalue weighted by Gasteiger charge is 2.69. The number of nitrogens with zero attached hydrogens (tertiary/aromatic N) is 1. The van der Waals surface area contributed by atoms with Gasteiger partial charge in [0.15, 0.2) is 0 Å². The Kier molecular flexibility index (Phi) is 5.05. The fraction of sp³-hybridized carbons (Fsp3) is 0.222. The monoisotopic (exact) mass is 435 g/mol. The zero-order valence-electron chi connectivity index (χ0n) is 14.0. The average molecular weight is 436 g/mol. The Hall–Kier alpha value is -2.32. The fourth-order valence-electron chi connectivity index (χ4n) is 2.99. The Morgan fingerprint density at radius 1 is 1.18 bits per heavy atom. The zero-order chi connectivity index (χ0) is 20.9. The first-order chi connectivity index (χ1) is 13.0. The first kappa shape index (κ1) is 20.4. The number of hydrogen-bond acceptors (Lipinski definition) is 3. The summed E-state index contributed by atoms with van der Waals surface area (Å²) in [7, 11) is 0. The highest BCUT2D eigenvalue weighted by Crippen LogP contribution is 2.51. The molecule has 3 rings (SSSR count). The van der Waals surface area contributed by atoms with Crippen LogP contribution in [0.1, 0.15) is 27.0 Å². The van der Waals surface area contributed by atoms with Crippen LogP contribution in [0.15, 0.2) is 41.6 Å². The van der Waals surface area contributed by atoms with Gasteiger partial charge < -0.3 is 9.94 Å². The van der Waals surface area contributed by atoms with Crippen molar-refractivity contribution in [3.63, 3.8) is 0 Å². The van der Waals surface area contributed by atoms with Gasteiger partial charge in [-0.3, -0.25) is 0 Å². The number of hydrogen-bond donors (Lipinski definition) is 1.